The Morgan fingerprint density at radius 3 is 2.71 bits per heavy atom. The van der Waals surface area contributed by atoms with E-state index in [1.807, 2.05) is 23.7 Å². The second kappa shape index (κ2) is 11.8. The van der Waals surface area contributed by atoms with Crippen molar-refractivity contribution in [2.45, 2.75) is 25.4 Å². The van der Waals surface area contributed by atoms with Gasteiger partial charge in [0.15, 0.2) is 0 Å². The second-order valence-corrected chi connectivity index (χ2v) is 7.62. The van der Waals surface area contributed by atoms with E-state index in [0.29, 0.717) is 24.6 Å². The third kappa shape index (κ3) is 6.44. The van der Waals surface area contributed by atoms with E-state index >= 15 is 0 Å². The number of benzene rings is 1. The summed E-state index contributed by atoms with van der Waals surface area (Å²) < 4.78 is 7.06. The second-order valence-electron chi connectivity index (χ2n) is 6.50. The summed E-state index contributed by atoms with van der Waals surface area (Å²) in [6, 6.07) is 6.14. The fourth-order valence-corrected chi connectivity index (χ4v) is 3.45. The van der Waals surface area contributed by atoms with Crippen molar-refractivity contribution in [3.05, 3.63) is 24.0 Å². The molecule has 0 fully saturated rings. The molecule has 1 unspecified atom stereocenters. The predicted molar refractivity (Wildman–Crippen MR) is 118 cm³/mol. The molecule has 1 aromatic heterocycles. The van der Waals surface area contributed by atoms with Gasteiger partial charge in [0.1, 0.15) is 12.4 Å². The van der Waals surface area contributed by atoms with Crippen molar-refractivity contribution in [2.75, 3.05) is 42.1 Å². The van der Waals surface area contributed by atoms with Crippen LogP contribution in [0.25, 0.3) is 11.0 Å². The third-order valence-electron chi connectivity index (χ3n) is 4.46. The molecule has 9 heteroatoms. The Hall–Kier alpha value is -1.15. The van der Waals surface area contributed by atoms with Gasteiger partial charge >= 0.3 is 5.97 Å². The maximum absolute atomic E-state index is 11.7. The lowest BCUT2D eigenvalue weighted by atomic mass is 10.2. The van der Waals surface area contributed by atoms with Gasteiger partial charge in [-0.05, 0) is 24.6 Å². The SMILES string of the molecule is Cn1c(CCCC(=O)OCC(O)CS)nc2cc(N(CCCl)CCCl)ccc21. The van der Waals surface area contributed by atoms with Crippen LogP contribution in [-0.2, 0) is 23.0 Å². The van der Waals surface area contributed by atoms with Crippen LogP contribution in [0.1, 0.15) is 18.7 Å². The number of nitrogens with zero attached hydrogens (tertiary/aromatic N) is 3. The molecular weight excluding hydrogens is 421 g/mol. The fourth-order valence-electron chi connectivity index (χ4n) is 2.94. The number of aliphatic hydroxyl groups is 1. The van der Waals surface area contributed by atoms with E-state index in [-0.39, 0.29) is 24.7 Å². The molecule has 1 aromatic carbocycles. The average molecular weight is 448 g/mol. The highest BCUT2D eigenvalue weighted by Gasteiger charge is 2.13. The largest absolute Gasteiger partial charge is 0.463 e. The number of rotatable bonds is 12. The lowest BCUT2D eigenvalue weighted by Gasteiger charge is -2.22. The number of aliphatic hydroxyl groups excluding tert-OH is 1. The number of thiol groups is 1. The van der Waals surface area contributed by atoms with Crippen LogP contribution in [0, 0.1) is 0 Å². The molecule has 1 atom stereocenters. The van der Waals surface area contributed by atoms with Crippen LogP contribution in [0.4, 0.5) is 5.69 Å². The summed E-state index contributed by atoms with van der Waals surface area (Å²) in [6.07, 6.45) is 0.855. The van der Waals surface area contributed by atoms with Gasteiger partial charge in [-0.1, -0.05) is 0 Å². The van der Waals surface area contributed by atoms with Gasteiger partial charge in [0, 0.05) is 56.2 Å². The Labute approximate surface area is 181 Å². The van der Waals surface area contributed by atoms with Crippen LogP contribution in [0.2, 0.25) is 0 Å². The minimum atomic E-state index is -0.724. The molecule has 2 aromatic rings. The molecule has 6 nitrogen and oxygen atoms in total. The number of aryl methyl sites for hydroxylation is 2. The molecule has 1 heterocycles. The quantitative estimate of drug-likeness (QED) is 0.297. The number of hydrogen-bond acceptors (Lipinski definition) is 6. The van der Waals surface area contributed by atoms with Crippen molar-refractivity contribution in [2.24, 2.45) is 7.05 Å². The van der Waals surface area contributed by atoms with E-state index in [0.717, 1.165) is 35.6 Å². The van der Waals surface area contributed by atoms with Gasteiger partial charge in [-0.3, -0.25) is 4.79 Å². The van der Waals surface area contributed by atoms with Gasteiger partial charge in [-0.25, -0.2) is 4.98 Å². The lowest BCUT2D eigenvalue weighted by molar-refractivity contribution is -0.146. The maximum Gasteiger partial charge on any atom is 0.305 e. The highest BCUT2D eigenvalue weighted by Crippen LogP contribution is 2.23. The number of halogens is 2. The Kier molecular flexibility index (Phi) is 9.71. The minimum absolute atomic E-state index is 0.0154. The minimum Gasteiger partial charge on any atom is -0.463 e. The monoisotopic (exact) mass is 447 g/mol. The zero-order chi connectivity index (χ0) is 20.5. The number of carbonyl (C=O) groups is 1. The Balaban J connectivity index is 2.00. The van der Waals surface area contributed by atoms with Crippen molar-refractivity contribution in [3.8, 4) is 0 Å². The van der Waals surface area contributed by atoms with Gasteiger partial charge < -0.3 is 19.3 Å². The predicted octanol–water partition coefficient (Wildman–Crippen LogP) is 3.01. The Morgan fingerprint density at radius 2 is 2.07 bits per heavy atom. The van der Waals surface area contributed by atoms with Crippen LogP contribution in [0.15, 0.2) is 18.2 Å². The molecule has 28 heavy (non-hydrogen) atoms. The standard InChI is InChI=1S/C19H27Cl2N3O3S/c1-23-17-6-5-14(24(9-7-20)10-8-21)11-16(17)22-18(23)3-2-4-19(26)27-12-15(25)13-28/h5-6,11,15,25,28H,2-4,7-10,12-13H2,1H3. The van der Waals surface area contributed by atoms with Gasteiger partial charge in [-0.15, -0.1) is 23.2 Å². The molecule has 1 N–H and O–H groups in total. The Morgan fingerprint density at radius 1 is 1.36 bits per heavy atom. The zero-order valence-electron chi connectivity index (χ0n) is 16.0. The molecule has 0 spiro atoms. The number of ether oxygens (including phenoxy) is 1. The van der Waals surface area contributed by atoms with Crippen molar-refractivity contribution < 1.29 is 14.6 Å². The first kappa shape index (κ1) is 23.1. The highest BCUT2D eigenvalue weighted by molar-refractivity contribution is 7.80. The van der Waals surface area contributed by atoms with Gasteiger partial charge in [0.25, 0.3) is 0 Å². The summed E-state index contributed by atoms with van der Waals surface area (Å²) in [4.78, 5) is 18.6. The summed E-state index contributed by atoms with van der Waals surface area (Å²) in [6.45, 7) is 1.44. The number of anilines is 1. The van der Waals surface area contributed by atoms with Crippen molar-refractivity contribution in [3.63, 3.8) is 0 Å². The molecule has 0 bridgehead atoms. The normalized spacial score (nSPS) is 12.3. The average Bonchev–Trinajstić information content (AvgIpc) is 3.01. The number of imidazole rings is 1. The molecular formula is C19H27Cl2N3O3S. The Bertz CT molecular complexity index is 766. The maximum atomic E-state index is 11.7. The zero-order valence-corrected chi connectivity index (χ0v) is 18.4. The first-order valence-electron chi connectivity index (χ1n) is 9.27. The van der Waals surface area contributed by atoms with Crippen molar-refractivity contribution in [1.82, 2.24) is 9.55 Å². The smallest absolute Gasteiger partial charge is 0.305 e. The number of esters is 1. The number of hydrogen-bond donors (Lipinski definition) is 2. The molecule has 0 saturated carbocycles. The topological polar surface area (TPSA) is 67.6 Å². The third-order valence-corrected chi connectivity index (χ3v) is 5.22. The number of alkyl halides is 2. The van der Waals surface area contributed by atoms with Crippen LogP contribution in [0.3, 0.4) is 0 Å². The number of aromatic nitrogens is 2. The summed E-state index contributed by atoms with van der Waals surface area (Å²) >= 11 is 15.7. The van der Waals surface area contributed by atoms with Crippen molar-refractivity contribution in [1.29, 1.82) is 0 Å². The molecule has 0 saturated heterocycles. The summed E-state index contributed by atoms with van der Waals surface area (Å²) in [5.41, 5.74) is 2.99. The highest BCUT2D eigenvalue weighted by atomic mass is 35.5. The van der Waals surface area contributed by atoms with E-state index in [2.05, 4.69) is 23.6 Å². The first-order valence-corrected chi connectivity index (χ1v) is 11.0. The molecule has 156 valence electrons. The molecule has 0 radical (unpaired) electrons. The van der Waals surface area contributed by atoms with Crippen LogP contribution in [-0.4, -0.2) is 63.9 Å². The molecule has 0 aliphatic carbocycles. The van der Waals surface area contributed by atoms with E-state index < -0.39 is 6.10 Å². The summed E-state index contributed by atoms with van der Waals surface area (Å²) in [5.74, 6) is 1.92. The van der Waals surface area contributed by atoms with E-state index in [1.54, 1.807) is 0 Å². The van der Waals surface area contributed by atoms with Crippen LogP contribution in [0.5, 0.6) is 0 Å². The van der Waals surface area contributed by atoms with E-state index in [4.69, 9.17) is 32.9 Å². The van der Waals surface area contributed by atoms with Gasteiger partial charge in [0.2, 0.25) is 0 Å². The molecule has 0 aliphatic rings. The van der Waals surface area contributed by atoms with E-state index in [1.165, 1.54) is 0 Å². The lowest BCUT2D eigenvalue weighted by Crippen LogP contribution is -2.27. The summed E-state index contributed by atoms with van der Waals surface area (Å²) in [5, 5.41) is 9.37. The first-order chi connectivity index (χ1) is 13.5. The van der Waals surface area contributed by atoms with E-state index in [9.17, 15) is 9.90 Å². The van der Waals surface area contributed by atoms with Gasteiger partial charge in [0.05, 0.1) is 17.1 Å². The molecule has 0 amide bonds. The van der Waals surface area contributed by atoms with Gasteiger partial charge in [-0.2, -0.15) is 12.6 Å². The number of fused-ring (bicyclic) bond motifs is 1. The van der Waals surface area contributed by atoms with Crippen LogP contribution < -0.4 is 4.90 Å². The molecule has 2 rings (SSSR count). The summed E-state index contributed by atoms with van der Waals surface area (Å²) in [7, 11) is 1.97. The van der Waals surface area contributed by atoms with Crippen molar-refractivity contribution >= 4 is 58.5 Å². The fraction of sp³-hybridized carbons (Fsp3) is 0.579. The number of carbonyl (C=O) groups excluding carboxylic acids is 1. The van der Waals surface area contributed by atoms with Crippen LogP contribution >= 0.6 is 35.8 Å². The molecule has 0 aliphatic heterocycles.